The molecule has 0 spiro atoms. The summed E-state index contributed by atoms with van der Waals surface area (Å²) >= 11 is 0. The third-order valence-electron chi connectivity index (χ3n) is 12.4. The average molecular weight is 1070 g/mol. The summed E-state index contributed by atoms with van der Waals surface area (Å²) in [6, 6.07) is 31.9. The van der Waals surface area contributed by atoms with Crippen LogP contribution in [0.2, 0.25) is 0 Å². The summed E-state index contributed by atoms with van der Waals surface area (Å²) in [4.78, 5) is 0. The lowest BCUT2D eigenvalue weighted by molar-refractivity contribution is 0.0639. The molecule has 0 aromatic heterocycles. The number of benzene rings is 6. The maximum absolute atomic E-state index is 6.50. The molecule has 0 unspecified atom stereocenters. The molecule has 0 radical (unpaired) electrons. The summed E-state index contributed by atoms with van der Waals surface area (Å²) in [5, 5.41) is 0. The molecule has 0 atom stereocenters. The van der Waals surface area contributed by atoms with Crippen molar-refractivity contribution in [3.05, 3.63) is 192 Å². The lowest BCUT2D eigenvalue weighted by Crippen LogP contribution is -2.16. The van der Waals surface area contributed by atoms with E-state index in [0.29, 0.717) is 121 Å². The Morgan fingerprint density at radius 2 is 0.551 bits per heavy atom. The first-order valence-corrected chi connectivity index (χ1v) is 25.9. The first-order valence-electron chi connectivity index (χ1n) is 25.9. The van der Waals surface area contributed by atoms with E-state index >= 15 is 0 Å². The molecule has 0 aliphatic carbocycles. The Balaban J connectivity index is 1.15. The van der Waals surface area contributed by atoms with Crippen LogP contribution < -0.4 is 56.8 Å². The molecule has 78 heavy (non-hydrogen) atoms. The van der Waals surface area contributed by atoms with Crippen LogP contribution in [-0.4, -0.2) is 108 Å². The Labute approximate surface area is 459 Å². The van der Waals surface area contributed by atoms with E-state index in [9.17, 15) is 0 Å². The highest BCUT2D eigenvalue weighted by atomic mass is 16.6. The fourth-order valence-electron chi connectivity index (χ4n) is 8.69. The van der Waals surface area contributed by atoms with Crippen molar-refractivity contribution in [2.75, 3.05) is 108 Å². The van der Waals surface area contributed by atoms with Crippen molar-refractivity contribution < 1.29 is 66.3 Å². The van der Waals surface area contributed by atoms with E-state index < -0.39 is 0 Å². The molecule has 6 aromatic carbocycles. The molecule has 1 aliphatic heterocycles. The maximum Gasteiger partial charge on any atom is 0.161 e. The zero-order valence-electron chi connectivity index (χ0n) is 45.4. The van der Waals surface area contributed by atoms with Gasteiger partial charge < -0.3 is 66.3 Å². The van der Waals surface area contributed by atoms with Crippen molar-refractivity contribution in [1.29, 1.82) is 0 Å². The molecule has 14 heteroatoms. The SMILES string of the molecule is C=CCOc1cc(Cc2cc3c(cc2Cc2ccc(OC)c(OCC=C)c2)OCCOCCOc2cc(Cc4ccc(OC)c(OCC=C)c4)c(Cc4ccc(OC)c(OCC=C)c4)cc2OCCOCCO3)ccc1OC. The Morgan fingerprint density at radius 3 is 0.756 bits per heavy atom. The molecule has 0 fully saturated rings. The van der Waals surface area contributed by atoms with Gasteiger partial charge >= 0.3 is 0 Å². The predicted molar refractivity (Wildman–Crippen MR) is 302 cm³/mol. The average Bonchev–Trinajstić information content (AvgIpc) is 3.46. The second kappa shape index (κ2) is 30.5. The molecule has 0 saturated carbocycles. The minimum atomic E-state index is 0.246. The second-order valence-corrected chi connectivity index (χ2v) is 17.8. The van der Waals surface area contributed by atoms with E-state index in [4.69, 9.17) is 66.3 Å². The van der Waals surface area contributed by atoms with Crippen molar-refractivity contribution in [1.82, 2.24) is 0 Å². The van der Waals surface area contributed by atoms with Crippen LogP contribution in [-0.2, 0) is 35.2 Å². The van der Waals surface area contributed by atoms with Crippen LogP contribution in [0.25, 0.3) is 0 Å². The van der Waals surface area contributed by atoms with Crippen molar-refractivity contribution in [2.45, 2.75) is 25.7 Å². The molecule has 1 heterocycles. The predicted octanol–water partition coefficient (Wildman–Crippen LogP) is 11.6. The first-order chi connectivity index (χ1) is 38.3. The Bertz CT molecular complexity index is 2540. The smallest absolute Gasteiger partial charge is 0.161 e. The fraction of sp³-hybridized carbons (Fsp3) is 0.312. The van der Waals surface area contributed by atoms with Gasteiger partial charge in [-0.15, -0.1) is 0 Å². The Hall–Kier alpha value is -8.20. The van der Waals surface area contributed by atoms with Gasteiger partial charge in [-0.3, -0.25) is 0 Å². The van der Waals surface area contributed by atoms with Crippen LogP contribution >= 0.6 is 0 Å². The molecule has 0 bridgehead atoms. The van der Waals surface area contributed by atoms with E-state index in [1.54, 1.807) is 52.7 Å². The molecular weight excluding hydrogens is 993 g/mol. The normalized spacial score (nSPS) is 12.9. The van der Waals surface area contributed by atoms with Gasteiger partial charge in [0.05, 0.1) is 54.9 Å². The number of methoxy groups -OCH3 is 4. The van der Waals surface area contributed by atoms with Crippen molar-refractivity contribution in [3.63, 3.8) is 0 Å². The summed E-state index contributed by atoms with van der Waals surface area (Å²) in [6.07, 6.45) is 9.02. The minimum Gasteiger partial charge on any atom is -0.493 e. The zero-order chi connectivity index (χ0) is 54.9. The monoisotopic (exact) mass is 1060 g/mol. The summed E-state index contributed by atoms with van der Waals surface area (Å²) in [5.74, 6) is 7.31. The molecule has 412 valence electrons. The lowest BCUT2D eigenvalue weighted by atomic mass is 9.94. The van der Waals surface area contributed by atoms with Crippen LogP contribution in [0, 0.1) is 0 Å². The quantitative estimate of drug-likeness (QED) is 0.0533. The molecule has 7 rings (SSSR count). The van der Waals surface area contributed by atoms with E-state index in [2.05, 4.69) is 26.3 Å². The Kier molecular flexibility index (Phi) is 22.5. The molecule has 1 aliphatic rings. The van der Waals surface area contributed by atoms with Gasteiger partial charge in [-0.05, 0) is 143 Å². The summed E-state index contributed by atoms with van der Waals surface area (Å²) < 4.78 is 84.7. The van der Waals surface area contributed by atoms with Crippen LogP contribution in [0.4, 0.5) is 0 Å². The minimum absolute atomic E-state index is 0.246. The molecule has 0 saturated heterocycles. The summed E-state index contributed by atoms with van der Waals surface area (Å²) in [7, 11) is 6.50. The Morgan fingerprint density at radius 1 is 0.321 bits per heavy atom. The van der Waals surface area contributed by atoms with Gasteiger partial charge in [0.25, 0.3) is 0 Å². The van der Waals surface area contributed by atoms with Crippen molar-refractivity contribution >= 4 is 0 Å². The fourth-order valence-corrected chi connectivity index (χ4v) is 8.69. The number of fused-ring (bicyclic) bond motifs is 2. The topological polar surface area (TPSA) is 129 Å². The molecular formula is C64H72O14. The van der Waals surface area contributed by atoms with Gasteiger partial charge in [-0.25, -0.2) is 0 Å². The number of rotatable bonds is 24. The third-order valence-corrected chi connectivity index (χ3v) is 12.4. The molecule has 0 N–H and O–H groups in total. The van der Waals surface area contributed by atoms with Gasteiger partial charge in [-0.1, -0.05) is 74.9 Å². The van der Waals surface area contributed by atoms with E-state index in [1.165, 1.54) is 0 Å². The van der Waals surface area contributed by atoms with Gasteiger partial charge in [0, 0.05) is 0 Å². The maximum atomic E-state index is 6.50. The molecule has 0 amide bonds. The third kappa shape index (κ3) is 16.4. The van der Waals surface area contributed by atoms with E-state index in [-0.39, 0.29) is 52.9 Å². The lowest BCUT2D eigenvalue weighted by Gasteiger charge is -2.20. The highest BCUT2D eigenvalue weighted by Crippen LogP contribution is 2.39. The zero-order valence-corrected chi connectivity index (χ0v) is 45.4. The molecule has 14 nitrogen and oxygen atoms in total. The van der Waals surface area contributed by atoms with Gasteiger partial charge in [0.2, 0.25) is 0 Å². The first kappa shape index (κ1) is 57.5. The summed E-state index contributed by atoms with van der Waals surface area (Å²) in [6.45, 7) is 18.7. The van der Waals surface area contributed by atoms with E-state index in [0.717, 1.165) is 44.5 Å². The van der Waals surface area contributed by atoms with Crippen molar-refractivity contribution in [2.24, 2.45) is 0 Å². The van der Waals surface area contributed by atoms with Crippen LogP contribution in [0.3, 0.4) is 0 Å². The highest BCUT2D eigenvalue weighted by Gasteiger charge is 2.20. The van der Waals surface area contributed by atoms with Gasteiger partial charge in [-0.2, -0.15) is 0 Å². The largest absolute Gasteiger partial charge is 0.493 e. The van der Waals surface area contributed by atoms with Crippen LogP contribution in [0.15, 0.2) is 148 Å². The molecule has 6 aromatic rings. The standard InChI is InChI=1S/C64H72O14/c1-9-21-71-57-37-45(13-17-53(57)65-5)33-49-41-61-62(42-50(49)34-46-14-18-54(66-6)58(38-46)72-22-10-2)76-30-26-70-28-32-78-64-44-52(36-48-16-20-56(68-8)60(40-48)74-24-12-4)51(43-63(64)77-31-27-69-25-29-75-61)35-47-15-19-55(67-7)59(39-47)73-23-11-3/h9-20,37-44H,1-4,21-36H2,5-8H3. The van der Waals surface area contributed by atoms with E-state index in [1.807, 2.05) is 97.1 Å². The van der Waals surface area contributed by atoms with Crippen LogP contribution in [0.1, 0.15) is 44.5 Å². The summed E-state index contributed by atoms with van der Waals surface area (Å²) in [5.41, 5.74) is 8.12. The highest BCUT2D eigenvalue weighted by molar-refractivity contribution is 5.55. The van der Waals surface area contributed by atoms with Crippen LogP contribution in [0.5, 0.6) is 69.0 Å². The number of hydrogen-bond donors (Lipinski definition) is 0. The number of hydrogen-bond acceptors (Lipinski definition) is 14. The van der Waals surface area contributed by atoms with Crippen molar-refractivity contribution in [3.8, 4) is 69.0 Å². The van der Waals surface area contributed by atoms with Gasteiger partial charge in [0.15, 0.2) is 69.0 Å². The number of ether oxygens (including phenoxy) is 14. The second-order valence-electron chi connectivity index (χ2n) is 17.8. The van der Waals surface area contributed by atoms with Gasteiger partial charge in [0.1, 0.15) is 52.9 Å².